The Morgan fingerprint density at radius 1 is 0.317 bits per heavy atom. The van der Waals surface area contributed by atoms with E-state index in [4.69, 9.17) is 14.2 Å². The second-order valence-electron chi connectivity index (χ2n) is 17.8. The standard InChI is InChI=1S/C57H100O6/c1-4-7-10-13-16-19-22-25-27-28-30-32-35-38-41-44-47-50-56(59)62-53-54(52-61-55(58)49-46-43-40-37-34-31-24-21-18-15-12-9-6-3)63-57(60)51-48-45-42-39-36-33-29-26-23-20-17-14-11-8-5-2/h16-17,19-20,25-27,29-30,32,54H,4-15,18,21-24,28,31,33-53H2,1-3H3/b19-16+,20-17+,27-25+,29-26+,32-30+/t54-/m1/s1. The molecule has 0 saturated carbocycles. The number of hydrogen-bond acceptors (Lipinski definition) is 6. The molecule has 0 unspecified atom stereocenters. The molecular formula is C57H100O6. The summed E-state index contributed by atoms with van der Waals surface area (Å²) in [4.78, 5) is 38.0. The maximum Gasteiger partial charge on any atom is 0.306 e. The van der Waals surface area contributed by atoms with Crippen molar-refractivity contribution in [3.63, 3.8) is 0 Å². The van der Waals surface area contributed by atoms with Crippen molar-refractivity contribution in [3.8, 4) is 0 Å². The van der Waals surface area contributed by atoms with Crippen LogP contribution in [0.25, 0.3) is 0 Å². The van der Waals surface area contributed by atoms with E-state index in [1.54, 1.807) is 0 Å². The van der Waals surface area contributed by atoms with Crippen molar-refractivity contribution in [2.45, 2.75) is 271 Å². The van der Waals surface area contributed by atoms with E-state index in [-0.39, 0.29) is 31.1 Å². The molecule has 0 aromatic heterocycles. The molecule has 0 rings (SSSR count). The second-order valence-corrected chi connectivity index (χ2v) is 17.8. The molecule has 63 heavy (non-hydrogen) atoms. The zero-order chi connectivity index (χ0) is 45.8. The topological polar surface area (TPSA) is 78.9 Å². The Morgan fingerprint density at radius 3 is 0.921 bits per heavy atom. The van der Waals surface area contributed by atoms with Crippen molar-refractivity contribution in [3.05, 3.63) is 60.8 Å². The Morgan fingerprint density at radius 2 is 0.571 bits per heavy atom. The SMILES string of the molecule is CCCCC/C=C/C/C=C/C/C=C/CCCCCCC(=O)OC[C@@H](COC(=O)CCCCCCCCCCCCCCC)OC(=O)CCCCCCC/C=C/C/C=C/CCCCC. The Kier molecular flexibility index (Phi) is 49.4. The van der Waals surface area contributed by atoms with Crippen molar-refractivity contribution in [1.29, 1.82) is 0 Å². The number of ether oxygens (including phenoxy) is 3. The number of esters is 3. The van der Waals surface area contributed by atoms with Crippen LogP contribution in [0.5, 0.6) is 0 Å². The minimum atomic E-state index is -0.788. The predicted molar refractivity (Wildman–Crippen MR) is 270 cm³/mol. The van der Waals surface area contributed by atoms with Crippen LogP contribution in [0.15, 0.2) is 60.8 Å². The molecule has 0 bridgehead atoms. The maximum atomic E-state index is 12.8. The predicted octanol–water partition coefficient (Wildman–Crippen LogP) is 17.6. The highest BCUT2D eigenvalue weighted by Crippen LogP contribution is 2.15. The van der Waals surface area contributed by atoms with Gasteiger partial charge < -0.3 is 14.2 Å². The first kappa shape index (κ1) is 60.1. The lowest BCUT2D eigenvalue weighted by atomic mass is 10.0. The van der Waals surface area contributed by atoms with Crippen LogP contribution in [0.1, 0.15) is 265 Å². The highest BCUT2D eigenvalue weighted by molar-refractivity contribution is 5.71. The number of carbonyl (C=O) groups excluding carboxylic acids is 3. The molecule has 0 spiro atoms. The zero-order valence-electron chi connectivity index (χ0n) is 41.6. The first-order valence-corrected chi connectivity index (χ1v) is 26.8. The summed E-state index contributed by atoms with van der Waals surface area (Å²) in [5.41, 5.74) is 0. The molecule has 0 aliphatic rings. The van der Waals surface area contributed by atoms with E-state index in [1.807, 2.05) is 0 Å². The maximum absolute atomic E-state index is 12.8. The van der Waals surface area contributed by atoms with Crippen LogP contribution in [-0.2, 0) is 28.6 Å². The zero-order valence-corrected chi connectivity index (χ0v) is 41.6. The number of allylic oxidation sites excluding steroid dienone is 10. The first-order valence-electron chi connectivity index (χ1n) is 26.8. The quantitative estimate of drug-likeness (QED) is 0.0262. The van der Waals surface area contributed by atoms with Crippen LogP contribution in [0.3, 0.4) is 0 Å². The van der Waals surface area contributed by atoms with Gasteiger partial charge in [-0.15, -0.1) is 0 Å². The van der Waals surface area contributed by atoms with Crippen LogP contribution in [-0.4, -0.2) is 37.2 Å². The summed E-state index contributed by atoms with van der Waals surface area (Å²) >= 11 is 0. The fraction of sp³-hybridized carbons (Fsp3) is 0.772. The van der Waals surface area contributed by atoms with Gasteiger partial charge in [-0.05, 0) is 89.9 Å². The van der Waals surface area contributed by atoms with E-state index < -0.39 is 6.10 Å². The molecule has 364 valence electrons. The normalized spacial score (nSPS) is 12.5. The lowest BCUT2D eigenvalue weighted by Crippen LogP contribution is -2.30. The Balaban J connectivity index is 4.43. The van der Waals surface area contributed by atoms with E-state index in [0.717, 1.165) is 109 Å². The van der Waals surface area contributed by atoms with E-state index >= 15 is 0 Å². The van der Waals surface area contributed by atoms with E-state index in [9.17, 15) is 14.4 Å². The van der Waals surface area contributed by atoms with Gasteiger partial charge in [0.05, 0.1) is 0 Å². The monoisotopic (exact) mass is 881 g/mol. The minimum absolute atomic E-state index is 0.0854. The van der Waals surface area contributed by atoms with Gasteiger partial charge in [0, 0.05) is 19.3 Å². The van der Waals surface area contributed by atoms with Gasteiger partial charge in [0.2, 0.25) is 0 Å². The summed E-state index contributed by atoms with van der Waals surface area (Å²) in [6.07, 6.45) is 63.4. The average molecular weight is 881 g/mol. The smallest absolute Gasteiger partial charge is 0.306 e. The molecule has 0 aliphatic carbocycles. The second kappa shape index (κ2) is 51.7. The summed E-state index contributed by atoms with van der Waals surface area (Å²) in [7, 11) is 0. The average Bonchev–Trinajstić information content (AvgIpc) is 3.28. The van der Waals surface area contributed by atoms with Crippen LogP contribution >= 0.6 is 0 Å². The van der Waals surface area contributed by atoms with Crippen LogP contribution in [0, 0.1) is 0 Å². The minimum Gasteiger partial charge on any atom is -0.462 e. The number of unbranched alkanes of at least 4 members (excludes halogenated alkanes) is 27. The first-order chi connectivity index (χ1) is 31.0. The Labute approximate surface area is 390 Å². The molecule has 1 atom stereocenters. The number of hydrogen-bond donors (Lipinski definition) is 0. The van der Waals surface area contributed by atoms with Gasteiger partial charge in [-0.3, -0.25) is 14.4 Å². The molecule has 0 fully saturated rings. The lowest BCUT2D eigenvalue weighted by Gasteiger charge is -2.18. The Hall–Kier alpha value is -2.89. The van der Waals surface area contributed by atoms with Crippen molar-refractivity contribution < 1.29 is 28.6 Å². The van der Waals surface area contributed by atoms with Crippen LogP contribution < -0.4 is 0 Å². The summed E-state index contributed by atoms with van der Waals surface area (Å²) in [5.74, 6) is -0.915. The van der Waals surface area contributed by atoms with E-state index in [2.05, 4.69) is 81.5 Å². The summed E-state index contributed by atoms with van der Waals surface area (Å²) in [6, 6.07) is 0. The van der Waals surface area contributed by atoms with Crippen molar-refractivity contribution in [2.24, 2.45) is 0 Å². The van der Waals surface area contributed by atoms with Gasteiger partial charge in [-0.2, -0.15) is 0 Å². The number of rotatable bonds is 48. The third-order valence-electron chi connectivity index (χ3n) is 11.5. The van der Waals surface area contributed by atoms with Crippen molar-refractivity contribution >= 4 is 17.9 Å². The molecule has 0 aromatic rings. The van der Waals surface area contributed by atoms with Crippen LogP contribution in [0.4, 0.5) is 0 Å². The third-order valence-corrected chi connectivity index (χ3v) is 11.5. The largest absolute Gasteiger partial charge is 0.462 e. The Bertz CT molecular complexity index is 1150. The van der Waals surface area contributed by atoms with E-state index in [0.29, 0.717) is 19.3 Å². The highest BCUT2D eigenvalue weighted by Gasteiger charge is 2.19. The third kappa shape index (κ3) is 50.0. The molecule has 6 heteroatoms. The van der Waals surface area contributed by atoms with Crippen LogP contribution in [0.2, 0.25) is 0 Å². The molecule has 0 saturated heterocycles. The molecule has 0 aromatic carbocycles. The van der Waals surface area contributed by atoms with Gasteiger partial charge in [-0.25, -0.2) is 0 Å². The molecule has 0 radical (unpaired) electrons. The van der Waals surface area contributed by atoms with E-state index in [1.165, 1.54) is 116 Å². The van der Waals surface area contributed by atoms with Crippen molar-refractivity contribution in [2.75, 3.05) is 13.2 Å². The van der Waals surface area contributed by atoms with Crippen molar-refractivity contribution in [1.82, 2.24) is 0 Å². The molecular weight excluding hydrogens is 781 g/mol. The fourth-order valence-electron chi connectivity index (χ4n) is 7.42. The van der Waals surface area contributed by atoms with Gasteiger partial charge in [0.1, 0.15) is 13.2 Å². The van der Waals surface area contributed by atoms with Gasteiger partial charge >= 0.3 is 17.9 Å². The summed E-state index contributed by atoms with van der Waals surface area (Å²) in [6.45, 7) is 6.56. The molecule has 0 aliphatic heterocycles. The summed E-state index contributed by atoms with van der Waals surface area (Å²) < 4.78 is 16.8. The summed E-state index contributed by atoms with van der Waals surface area (Å²) in [5, 5.41) is 0. The highest BCUT2D eigenvalue weighted by atomic mass is 16.6. The van der Waals surface area contributed by atoms with Gasteiger partial charge in [0.15, 0.2) is 6.10 Å². The molecule has 0 N–H and O–H groups in total. The number of carbonyl (C=O) groups is 3. The fourth-order valence-corrected chi connectivity index (χ4v) is 7.42. The lowest BCUT2D eigenvalue weighted by molar-refractivity contribution is -0.167. The molecule has 6 nitrogen and oxygen atoms in total. The molecule has 0 heterocycles. The van der Waals surface area contributed by atoms with Gasteiger partial charge in [0.25, 0.3) is 0 Å². The van der Waals surface area contributed by atoms with Gasteiger partial charge in [-0.1, -0.05) is 216 Å². The molecule has 0 amide bonds.